The molecular formula is C15H26N2O3. The van der Waals surface area contributed by atoms with E-state index in [9.17, 15) is 4.79 Å². The summed E-state index contributed by atoms with van der Waals surface area (Å²) in [5, 5.41) is 3.09. The number of amides is 1. The SMILES string of the molecule is CC(NC(=O)C1(N)C2CCOC2C1(C)C)C1CCCO1. The highest BCUT2D eigenvalue weighted by Gasteiger charge is 2.71. The van der Waals surface area contributed by atoms with Crippen LogP contribution in [0.15, 0.2) is 0 Å². The number of nitrogens with two attached hydrogens (primary N) is 1. The molecule has 5 nitrogen and oxygen atoms in total. The van der Waals surface area contributed by atoms with Gasteiger partial charge in [-0.25, -0.2) is 0 Å². The summed E-state index contributed by atoms with van der Waals surface area (Å²) < 4.78 is 11.4. The second-order valence-electron chi connectivity index (χ2n) is 7.09. The Morgan fingerprint density at radius 2 is 2.05 bits per heavy atom. The molecule has 5 atom stereocenters. The molecule has 0 aromatic heterocycles. The highest BCUT2D eigenvalue weighted by Crippen LogP contribution is 2.58. The number of carbonyl (C=O) groups is 1. The Kier molecular flexibility index (Phi) is 3.35. The minimum absolute atomic E-state index is 0.0163. The van der Waals surface area contributed by atoms with Crippen LogP contribution in [0.5, 0.6) is 0 Å². The van der Waals surface area contributed by atoms with Crippen LogP contribution in [0.2, 0.25) is 0 Å². The van der Waals surface area contributed by atoms with Crippen molar-refractivity contribution in [2.75, 3.05) is 13.2 Å². The first kappa shape index (κ1) is 14.3. The van der Waals surface area contributed by atoms with Crippen molar-refractivity contribution in [3.05, 3.63) is 0 Å². The van der Waals surface area contributed by atoms with Crippen molar-refractivity contribution in [1.29, 1.82) is 0 Å². The van der Waals surface area contributed by atoms with E-state index < -0.39 is 5.54 Å². The van der Waals surface area contributed by atoms with Gasteiger partial charge in [0.15, 0.2) is 0 Å². The van der Waals surface area contributed by atoms with Crippen LogP contribution in [0.1, 0.15) is 40.0 Å². The van der Waals surface area contributed by atoms with Crippen molar-refractivity contribution in [2.24, 2.45) is 17.1 Å². The smallest absolute Gasteiger partial charge is 0.241 e. The third-order valence-corrected chi connectivity index (χ3v) is 5.71. The first-order valence-corrected chi connectivity index (χ1v) is 7.72. The maximum Gasteiger partial charge on any atom is 0.241 e. The van der Waals surface area contributed by atoms with Crippen molar-refractivity contribution in [3.63, 3.8) is 0 Å². The van der Waals surface area contributed by atoms with E-state index in [1.165, 1.54) is 0 Å². The number of ether oxygens (including phenoxy) is 2. The first-order chi connectivity index (χ1) is 9.39. The van der Waals surface area contributed by atoms with Gasteiger partial charge >= 0.3 is 0 Å². The van der Waals surface area contributed by atoms with E-state index in [4.69, 9.17) is 15.2 Å². The lowest BCUT2D eigenvalue weighted by molar-refractivity contribution is -0.176. The van der Waals surface area contributed by atoms with E-state index in [-0.39, 0.29) is 35.5 Å². The molecule has 0 spiro atoms. The number of nitrogens with one attached hydrogen (secondary N) is 1. The molecule has 0 bridgehead atoms. The number of fused-ring (bicyclic) bond motifs is 1. The Morgan fingerprint density at radius 3 is 2.70 bits per heavy atom. The molecule has 5 heteroatoms. The fourth-order valence-corrected chi connectivity index (χ4v) is 4.26. The molecule has 1 amide bonds. The first-order valence-electron chi connectivity index (χ1n) is 7.72. The van der Waals surface area contributed by atoms with Gasteiger partial charge < -0.3 is 20.5 Å². The van der Waals surface area contributed by atoms with Crippen molar-refractivity contribution in [1.82, 2.24) is 5.32 Å². The van der Waals surface area contributed by atoms with Crippen LogP contribution in [-0.2, 0) is 14.3 Å². The van der Waals surface area contributed by atoms with Gasteiger partial charge in [-0.2, -0.15) is 0 Å². The maximum atomic E-state index is 12.7. The third-order valence-electron chi connectivity index (χ3n) is 5.71. The van der Waals surface area contributed by atoms with Crippen molar-refractivity contribution >= 4 is 5.91 Å². The largest absolute Gasteiger partial charge is 0.377 e. The lowest BCUT2D eigenvalue weighted by Crippen LogP contribution is -2.80. The summed E-state index contributed by atoms with van der Waals surface area (Å²) in [7, 11) is 0. The zero-order valence-electron chi connectivity index (χ0n) is 12.6. The summed E-state index contributed by atoms with van der Waals surface area (Å²) in [4.78, 5) is 12.7. The molecule has 2 heterocycles. The molecule has 5 unspecified atom stereocenters. The molecule has 1 aliphatic carbocycles. The number of hydrogen-bond donors (Lipinski definition) is 2. The van der Waals surface area contributed by atoms with Gasteiger partial charge in [0.05, 0.1) is 18.2 Å². The average molecular weight is 282 g/mol. The predicted molar refractivity (Wildman–Crippen MR) is 75.1 cm³/mol. The summed E-state index contributed by atoms with van der Waals surface area (Å²) in [5.41, 5.74) is 5.39. The van der Waals surface area contributed by atoms with Gasteiger partial charge in [-0.3, -0.25) is 4.79 Å². The molecule has 3 rings (SSSR count). The summed E-state index contributed by atoms with van der Waals surface area (Å²) in [5.74, 6) is 0.103. The second kappa shape index (κ2) is 4.68. The molecule has 2 aliphatic heterocycles. The molecule has 0 radical (unpaired) electrons. The molecule has 0 aromatic carbocycles. The van der Waals surface area contributed by atoms with E-state index in [0.717, 1.165) is 25.9 Å². The monoisotopic (exact) mass is 282 g/mol. The van der Waals surface area contributed by atoms with Crippen molar-refractivity contribution < 1.29 is 14.3 Å². The Labute approximate surface area is 120 Å². The van der Waals surface area contributed by atoms with Gasteiger partial charge in [0, 0.05) is 24.5 Å². The van der Waals surface area contributed by atoms with Crippen LogP contribution in [0.3, 0.4) is 0 Å². The minimum Gasteiger partial charge on any atom is -0.377 e. The maximum absolute atomic E-state index is 12.7. The highest BCUT2D eigenvalue weighted by molar-refractivity contribution is 5.89. The molecule has 3 N–H and O–H groups in total. The minimum atomic E-state index is -0.818. The van der Waals surface area contributed by atoms with Gasteiger partial charge in [-0.1, -0.05) is 13.8 Å². The molecule has 114 valence electrons. The van der Waals surface area contributed by atoms with E-state index in [0.29, 0.717) is 6.61 Å². The normalized spacial score (nSPS) is 43.7. The quantitative estimate of drug-likeness (QED) is 0.803. The Bertz CT molecular complexity index is 406. The van der Waals surface area contributed by atoms with E-state index in [2.05, 4.69) is 5.32 Å². The molecule has 0 aromatic rings. The van der Waals surface area contributed by atoms with Crippen LogP contribution in [0.4, 0.5) is 0 Å². The van der Waals surface area contributed by atoms with Crippen LogP contribution < -0.4 is 11.1 Å². The molecule has 3 fully saturated rings. The second-order valence-corrected chi connectivity index (χ2v) is 7.09. The molecule has 20 heavy (non-hydrogen) atoms. The molecule has 2 saturated heterocycles. The van der Waals surface area contributed by atoms with E-state index in [1.54, 1.807) is 0 Å². The Balaban J connectivity index is 1.69. The van der Waals surface area contributed by atoms with E-state index in [1.807, 2.05) is 20.8 Å². The van der Waals surface area contributed by atoms with Gasteiger partial charge in [0.25, 0.3) is 0 Å². The fraction of sp³-hybridized carbons (Fsp3) is 0.933. The molecule has 1 saturated carbocycles. The summed E-state index contributed by atoms with van der Waals surface area (Å²) >= 11 is 0. The topological polar surface area (TPSA) is 73.6 Å². The lowest BCUT2D eigenvalue weighted by Gasteiger charge is -2.60. The van der Waals surface area contributed by atoms with Crippen LogP contribution >= 0.6 is 0 Å². The molecule has 3 aliphatic rings. The van der Waals surface area contributed by atoms with Gasteiger partial charge in [0.2, 0.25) is 5.91 Å². The average Bonchev–Trinajstić information content (AvgIpc) is 3.07. The summed E-state index contributed by atoms with van der Waals surface area (Å²) in [6.07, 6.45) is 3.21. The summed E-state index contributed by atoms with van der Waals surface area (Å²) in [6, 6.07) is 0.0163. The molecular weight excluding hydrogens is 256 g/mol. The van der Waals surface area contributed by atoms with Crippen molar-refractivity contribution in [2.45, 2.75) is 63.8 Å². The van der Waals surface area contributed by atoms with Gasteiger partial charge in [-0.05, 0) is 26.2 Å². The fourth-order valence-electron chi connectivity index (χ4n) is 4.26. The summed E-state index contributed by atoms with van der Waals surface area (Å²) in [6.45, 7) is 7.59. The number of rotatable bonds is 3. The predicted octanol–water partition coefficient (Wildman–Crippen LogP) is 0.813. The van der Waals surface area contributed by atoms with E-state index >= 15 is 0 Å². The Hall–Kier alpha value is -0.650. The highest BCUT2D eigenvalue weighted by atomic mass is 16.5. The van der Waals surface area contributed by atoms with Crippen LogP contribution in [0.25, 0.3) is 0 Å². The standard InChI is InChI=1S/C15H26N2O3/c1-9(11-5-4-7-19-11)17-13(18)15(16)10-6-8-20-12(10)14(15,2)3/h9-12H,4-8,16H2,1-3H3,(H,17,18). The zero-order valence-corrected chi connectivity index (χ0v) is 12.6. The Morgan fingerprint density at radius 1 is 1.30 bits per heavy atom. The third kappa shape index (κ3) is 1.76. The van der Waals surface area contributed by atoms with Gasteiger partial charge in [0.1, 0.15) is 5.54 Å². The van der Waals surface area contributed by atoms with Crippen LogP contribution in [0, 0.1) is 11.3 Å². The van der Waals surface area contributed by atoms with Gasteiger partial charge in [-0.15, -0.1) is 0 Å². The number of carbonyl (C=O) groups excluding carboxylic acids is 1. The van der Waals surface area contributed by atoms with Crippen LogP contribution in [-0.4, -0.2) is 42.9 Å². The lowest BCUT2D eigenvalue weighted by atomic mass is 9.48. The number of hydrogen-bond acceptors (Lipinski definition) is 4. The zero-order chi connectivity index (χ0) is 14.5. The van der Waals surface area contributed by atoms with Crippen molar-refractivity contribution in [3.8, 4) is 0 Å².